The lowest BCUT2D eigenvalue weighted by Crippen LogP contribution is -2.36. The molecule has 2 heterocycles. The highest BCUT2D eigenvalue weighted by Gasteiger charge is 2.26. The third-order valence-corrected chi connectivity index (χ3v) is 5.42. The second-order valence-corrected chi connectivity index (χ2v) is 9.00. The van der Waals surface area contributed by atoms with Crippen molar-refractivity contribution in [2.24, 2.45) is 0 Å². The predicted molar refractivity (Wildman–Crippen MR) is 108 cm³/mol. The number of nitrogens with zero attached hydrogens (tertiary/aromatic N) is 4. The summed E-state index contributed by atoms with van der Waals surface area (Å²) in [6, 6.07) is 11.3. The van der Waals surface area contributed by atoms with Crippen molar-refractivity contribution in [1.82, 2.24) is 19.2 Å². The maximum atomic E-state index is 14.2. The molecule has 154 valence electrons. The first-order chi connectivity index (χ1) is 13.7. The van der Waals surface area contributed by atoms with Gasteiger partial charge in [0.2, 0.25) is 15.0 Å². The zero-order chi connectivity index (χ0) is 21.2. The summed E-state index contributed by atoms with van der Waals surface area (Å²) in [4.78, 5) is 20.9. The van der Waals surface area contributed by atoms with Crippen molar-refractivity contribution >= 4 is 21.3 Å². The number of likely N-dealkylation sites (N-methyl/N-ethyl adjacent to an activating group) is 1. The Morgan fingerprint density at radius 2 is 1.79 bits per heavy atom. The Morgan fingerprint density at radius 1 is 1.10 bits per heavy atom. The van der Waals surface area contributed by atoms with E-state index in [1.807, 2.05) is 19.0 Å². The molecule has 0 saturated carbocycles. The molecule has 0 spiro atoms. The van der Waals surface area contributed by atoms with Crippen LogP contribution in [0.3, 0.4) is 0 Å². The molecule has 2 aromatic heterocycles. The van der Waals surface area contributed by atoms with Crippen LogP contribution in [0.4, 0.5) is 4.39 Å². The Bertz CT molecular complexity index is 1140. The number of carbonyl (C=O) groups is 1. The minimum absolute atomic E-state index is 0.0288. The normalized spacial score (nSPS) is 11.9. The van der Waals surface area contributed by atoms with Gasteiger partial charge >= 0.3 is 0 Å². The van der Waals surface area contributed by atoms with E-state index in [0.717, 1.165) is 6.26 Å². The lowest BCUT2D eigenvalue weighted by Gasteiger charge is -2.24. The molecular formula is C20H23FN4O3S. The molecule has 9 heteroatoms. The summed E-state index contributed by atoms with van der Waals surface area (Å²) in [5, 5.41) is -0.199. The first-order valence-electron chi connectivity index (χ1n) is 9.03. The minimum atomic E-state index is -3.65. The quantitative estimate of drug-likeness (QED) is 0.587. The van der Waals surface area contributed by atoms with Crippen molar-refractivity contribution in [2.75, 3.05) is 33.4 Å². The van der Waals surface area contributed by atoms with E-state index >= 15 is 0 Å². The van der Waals surface area contributed by atoms with Gasteiger partial charge in [0.05, 0.1) is 5.52 Å². The van der Waals surface area contributed by atoms with Crippen LogP contribution in [0.1, 0.15) is 16.1 Å². The lowest BCUT2D eigenvalue weighted by molar-refractivity contribution is 0.0726. The molecule has 3 aromatic rings. The van der Waals surface area contributed by atoms with Crippen molar-refractivity contribution in [3.63, 3.8) is 0 Å². The third kappa shape index (κ3) is 4.63. The minimum Gasteiger partial charge on any atom is -0.332 e. The monoisotopic (exact) mass is 418 g/mol. The van der Waals surface area contributed by atoms with Crippen LogP contribution in [0.2, 0.25) is 0 Å². The average molecular weight is 418 g/mol. The molecule has 1 aromatic carbocycles. The van der Waals surface area contributed by atoms with Crippen LogP contribution in [0.5, 0.6) is 0 Å². The Hall–Kier alpha value is -2.78. The van der Waals surface area contributed by atoms with Crippen molar-refractivity contribution in [1.29, 1.82) is 0 Å². The number of amides is 1. The predicted octanol–water partition coefficient (Wildman–Crippen LogP) is 2.08. The van der Waals surface area contributed by atoms with Crippen molar-refractivity contribution in [2.45, 2.75) is 11.7 Å². The molecule has 0 fully saturated rings. The SMILES string of the molecule is CN(C)CCN(Cc1ccccc1F)C(=O)c1nc(S(C)(=O)=O)n2ccccc12. The number of fused-ring (bicyclic) bond motifs is 1. The number of pyridine rings is 1. The Morgan fingerprint density at radius 3 is 2.45 bits per heavy atom. The van der Waals surface area contributed by atoms with Gasteiger partial charge in [0.1, 0.15) is 5.82 Å². The average Bonchev–Trinajstić information content (AvgIpc) is 3.06. The number of halogens is 1. The van der Waals surface area contributed by atoms with Crippen LogP contribution in [0, 0.1) is 5.82 Å². The number of hydrogen-bond acceptors (Lipinski definition) is 5. The molecule has 0 aliphatic carbocycles. The number of hydrogen-bond donors (Lipinski definition) is 0. The molecule has 0 N–H and O–H groups in total. The number of aromatic nitrogens is 2. The van der Waals surface area contributed by atoms with Gasteiger partial charge in [0.25, 0.3) is 5.91 Å². The van der Waals surface area contributed by atoms with E-state index in [4.69, 9.17) is 0 Å². The zero-order valence-corrected chi connectivity index (χ0v) is 17.4. The van der Waals surface area contributed by atoms with E-state index in [1.54, 1.807) is 42.6 Å². The molecule has 0 bridgehead atoms. The number of rotatable bonds is 7. The summed E-state index contributed by atoms with van der Waals surface area (Å²) in [6.45, 7) is 0.949. The van der Waals surface area contributed by atoms with Gasteiger partial charge in [-0.25, -0.2) is 17.8 Å². The Balaban J connectivity index is 2.05. The number of carbonyl (C=O) groups excluding carboxylic acids is 1. The van der Waals surface area contributed by atoms with Crippen LogP contribution >= 0.6 is 0 Å². The van der Waals surface area contributed by atoms with E-state index < -0.39 is 21.6 Å². The summed E-state index contributed by atoms with van der Waals surface area (Å²) < 4.78 is 39.8. The van der Waals surface area contributed by atoms with Crippen molar-refractivity contribution < 1.29 is 17.6 Å². The van der Waals surface area contributed by atoms with Gasteiger partial charge in [-0.2, -0.15) is 0 Å². The molecule has 29 heavy (non-hydrogen) atoms. The van der Waals surface area contributed by atoms with Gasteiger partial charge in [0, 0.05) is 37.7 Å². The smallest absolute Gasteiger partial charge is 0.275 e. The first kappa shape index (κ1) is 20.9. The molecule has 7 nitrogen and oxygen atoms in total. The van der Waals surface area contributed by atoms with Crippen LogP contribution in [0.25, 0.3) is 5.52 Å². The highest BCUT2D eigenvalue weighted by atomic mass is 32.2. The molecule has 1 amide bonds. The fraction of sp³-hybridized carbons (Fsp3) is 0.300. The molecule has 0 unspecified atom stereocenters. The highest BCUT2D eigenvalue weighted by Crippen LogP contribution is 2.20. The van der Waals surface area contributed by atoms with Crippen LogP contribution in [-0.2, 0) is 16.4 Å². The maximum absolute atomic E-state index is 14.2. The molecule has 0 saturated heterocycles. The summed E-state index contributed by atoms with van der Waals surface area (Å²) >= 11 is 0. The zero-order valence-electron chi connectivity index (χ0n) is 16.5. The van der Waals surface area contributed by atoms with Gasteiger partial charge in [0.15, 0.2) is 5.69 Å². The lowest BCUT2D eigenvalue weighted by atomic mass is 10.2. The summed E-state index contributed by atoms with van der Waals surface area (Å²) in [5.41, 5.74) is 0.800. The second-order valence-electron chi connectivity index (χ2n) is 7.09. The first-order valence-corrected chi connectivity index (χ1v) is 10.9. The van der Waals surface area contributed by atoms with E-state index in [0.29, 0.717) is 24.2 Å². The van der Waals surface area contributed by atoms with Crippen LogP contribution < -0.4 is 0 Å². The van der Waals surface area contributed by atoms with Crippen molar-refractivity contribution in [3.8, 4) is 0 Å². The molecule has 0 radical (unpaired) electrons. The van der Waals surface area contributed by atoms with Crippen LogP contribution in [0.15, 0.2) is 53.8 Å². The fourth-order valence-corrected chi connectivity index (χ4v) is 3.76. The van der Waals surface area contributed by atoms with Gasteiger partial charge in [-0.05, 0) is 32.3 Å². The Kier molecular flexibility index (Phi) is 5.99. The largest absolute Gasteiger partial charge is 0.332 e. The number of imidazole rings is 1. The van der Waals surface area contributed by atoms with Gasteiger partial charge in [-0.3, -0.25) is 9.20 Å². The van der Waals surface area contributed by atoms with E-state index in [1.165, 1.54) is 15.4 Å². The molecule has 0 atom stereocenters. The van der Waals surface area contributed by atoms with Crippen LogP contribution in [-0.4, -0.2) is 67.0 Å². The van der Waals surface area contributed by atoms with Gasteiger partial charge in [-0.1, -0.05) is 24.3 Å². The number of sulfone groups is 1. The second kappa shape index (κ2) is 8.30. The summed E-state index contributed by atoms with van der Waals surface area (Å²) in [5.74, 6) is -0.852. The maximum Gasteiger partial charge on any atom is 0.275 e. The highest BCUT2D eigenvalue weighted by molar-refractivity contribution is 7.90. The van der Waals surface area contributed by atoms with E-state index in [-0.39, 0.29) is 17.4 Å². The standard InChI is InChI=1S/C20H23FN4O3S/c1-23(2)12-13-24(14-15-8-4-5-9-16(15)21)19(26)18-17-10-6-7-11-25(17)20(22-18)29(3,27)28/h4-11H,12-14H2,1-3H3. The topological polar surface area (TPSA) is 75.0 Å². The molecular weight excluding hydrogens is 395 g/mol. The molecule has 0 aliphatic heterocycles. The van der Waals surface area contributed by atoms with Crippen molar-refractivity contribution in [3.05, 3.63) is 65.7 Å². The van der Waals surface area contributed by atoms with Gasteiger partial charge in [-0.15, -0.1) is 0 Å². The number of benzene rings is 1. The van der Waals surface area contributed by atoms with Gasteiger partial charge < -0.3 is 9.80 Å². The summed E-state index contributed by atoms with van der Waals surface area (Å²) in [7, 11) is 0.103. The fourth-order valence-electron chi connectivity index (χ4n) is 2.98. The summed E-state index contributed by atoms with van der Waals surface area (Å²) in [6.07, 6.45) is 2.60. The van der Waals surface area contributed by atoms with E-state index in [9.17, 15) is 17.6 Å². The third-order valence-electron chi connectivity index (χ3n) is 4.47. The Labute approximate surface area is 169 Å². The molecule has 3 rings (SSSR count). The van der Waals surface area contributed by atoms with E-state index in [2.05, 4.69) is 4.98 Å². The molecule has 0 aliphatic rings.